The van der Waals surface area contributed by atoms with Gasteiger partial charge in [0.15, 0.2) is 0 Å². The Morgan fingerprint density at radius 3 is 2.31 bits per heavy atom. The zero-order valence-corrected chi connectivity index (χ0v) is 12.9. The van der Waals surface area contributed by atoms with Gasteiger partial charge in [-0.1, -0.05) is 6.92 Å². The second-order valence-electron chi connectivity index (χ2n) is 2.52. The Bertz CT molecular complexity index is 218. The normalized spacial score (nSPS) is 10.2. The van der Waals surface area contributed by atoms with Crippen molar-refractivity contribution in [2.45, 2.75) is 19.9 Å². The van der Waals surface area contributed by atoms with Gasteiger partial charge >= 0.3 is 23.1 Å². The van der Waals surface area contributed by atoms with Crippen molar-refractivity contribution in [3.05, 3.63) is 5.32 Å². The van der Waals surface area contributed by atoms with Crippen molar-refractivity contribution < 1.29 is 36.1 Å². The third-order valence-corrected chi connectivity index (χ3v) is 1.51. The van der Waals surface area contributed by atoms with Crippen molar-refractivity contribution in [1.29, 1.82) is 0 Å². The fraction of sp³-hybridized carbons (Fsp3) is 0.750. The number of likely N-dealkylation sites (N-methyl/N-ethyl adjacent to an activating group) is 1. The molecule has 0 fully saturated rings. The van der Waals surface area contributed by atoms with Crippen LogP contribution in [0.3, 0.4) is 0 Å². The van der Waals surface area contributed by atoms with E-state index in [4.69, 9.17) is 0 Å². The molecule has 2 amide bonds. The van der Waals surface area contributed by atoms with Crippen LogP contribution in [0.2, 0.25) is 0 Å². The maximum absolute atomic E-state index is 11.3. The Balaban J connectivity index is -0.000000845. The second kappa shape index (κ2) is 11.4. The van der Waals surface area contributed by atoms with Crippen LogP contribution >= 0.6 is 0 Å². The van der Waals surface area contributed by atoms with E-state index in [9.17, 15) is 9.59 Å². The first kappa shape index (κ1) is 21.3. The molecule has 16 heavy (non-hydrogen) atoms. The molecule has 0 saturated carbocycles. The molecule has 0 N–H and O–H groups in total. The van der Waals surface area contributed by atoms with E-state index in [1.54, 1.807) is 6.92 Å². The second-order valence-corrected chi connectivity index (χ2v) is 2.52. The maximum Gasteiger partial charge on any atom is 2.00 e. The Morgan fingerprint density at radius 1 is 1.44 bits per heavy atom. The van der Waals surface area contributed by atoms with Gasteiger partial charge in [-0.05, 0) is 13.0 Å². The molecule has 90 valence electrons. The van der Waals surface area contributed by atoms with Crippen LogP contribution in [0, 0.1) is 0 Å². The van der Waals surface area contributed by atoms with Crippen molar-refractivity contribution in [2.24, 2.45) is 0 Å². The Hall–Kier alpha value is -0.0538. The summed E-state index contributed by atoms with van der Waals surface area (Å²) in [7, 11) is 2.80. The zero-order valence-electron chi connectivity index (χ0n) is 9.90. The molecule has 0 rings (SSSR count). The van der Waals surface area contributed by atoms with Crippen LogP contribution in [0.4, 0.5) is 4.79 Å². The average molecular weight is 307 g/mol. The summed E-state index contributed by atoms with van der Waals surface area (Å²) < 4.78 is 4.56. The summed E-state index contributed by atoms with van der Waals surface area (Å²) in [5.74, 6) is -0.402. The van der Waals surface area contributed by atoms with E-state index in [1.165, 1.54) is 21.1 Å². The summed E-state index contributed by atoms with van der Waals surface area (Å²) in [6, 6.07) is -0.793. The van der Waals surface area contributed by atoms with Gasteiger partial charge in [-0.15, -0.1) is 0 Å². The molecule has 0 aliphatic carbocycles. The van der Waals surface area contributed by atoms with Crippen LogP contribution in [0.5, 0.6) is 0 Å². The number of hydrogen-bond donors (Lipinski definition) is 0. The number of ether oxygens (including phenoxy) is 1. The van der Waals surface area contributed by atoms with Crippen molar-refractivity contribution >= 4 is 35.1 Å². The van der Waals surface area contributed by atoms with Crippen molar-refractivity contribution in [1.82, 2.24) is 5.06 Å². The van der Waals surface area contributed by atoms with Gasteiger partial charge in [0.2, 0.25) is 12.0 Å². The van der Waals surface area contributed by atoms with Gasteiger partial charge in [-0.25, -0.2) is 5.06 Å². The molecule has 0 bridgehead atoms. The number of halogens is 1. The monoisotopic (exact) mass is 306 g/mol. The molecule has 0 saturated heterocycles. The van der Waals surface area contributed by atoms with Crippen LogP contribution in [0.25, 0.3) is 5.32 Å². The SMILES string of the molecule is CCOC(=O)[N-][C@@H](C)C(=O)N(C)OC.[Br-].[Mg+2]. The molecule has 0 radical (unpaired) electrons. The van der Waals surface area contributed by atoms with E-state index in [0.29, 0.717) is 0 Å². The first-order valence-corrected chi connectivity index (χ1v) is 4.22. The van der Waals surface area contributed by atoms with Crippen LogP contribution in [0.1, 0.15) is 13.8 Å². The largest absolute Gasteiger partial charge is 2.00 e. The number of rotatable bonds is 4. The predicted molar refractivity (Wildman–Crippen MR) is 55.4 cm³/mol. The number of amides is 2. The topological polar surface area (TPSA) is 69.9 Å². The standard InChI is InChI=1S/C8H16N2O4.BrH.Mg/c1-5-14-8(12)9-6(2)7(11)10(3)13-4;;/h6H,5H2,1-4H3,(H,9,12);1H;/q;;+2/p-2/t6-;;/m0../s1. The Kier molecular flexibility index (Phi) is 15.2. The fourth-order valence-electron chi connectivity index (χ4n) is 0.727. The quantitative estimate of drug-likeness (QED) is 0.427. The van der Waals surface area contributed by atoms with Gasteiger partial charge in [-0.2, -0.15) is 0 Å². The van der Waals surface area contributed by atoms with E-state index in [0.717, 1.165) is 5.06 Å². The van der Waals surface area contributed by atoms with E-state index < -0.39 is 18.0 Å². The van der Waals surface area contributed by atoms with Gasteiger partial charge in [0.1, 0.15) is 0 Å². The van der Waals surface area contributed by atoms with Crippen molar-refractivity contribution in [2.75, 3.05) is 20.8 Å². The van der Waals surface area contributed by atoms with Crippen molar-refractivity contribution in [3.63, 3.8) is 0 Å². The number of nitrogens with zero attached hydrogens (tertiary/aromatic N) is 2. The fourth-order valence-corrected chi connectivity index (χ4v) is 0.727. The molecule has 0 spiro atoms. The number of carbonyl (C=O) groups is 2. The Morgan fingerprint density at radius 2 is 1.94 bits per heavy atom. The first-order chi connectivity index (χ1) is 6.52. The van der Waals surface area contributed by atoms with E-state index in [2.05, 4.69) is 14.9 Å². The third-order valence-electron chi connectivity index (χ3n) is 1.51. The molecule has 0 unspecified atom stereocenters. The van der Waals surface area contributed by atoms with E-state index >= 15 is 0 Å². The van der Waals surface area contributed by atoms with Crippen LogP contribution in [0.15, 0.2) is 0 Å². The molecular weight excluding hydrogens is 292 g/mol. The maximum atomic E-state index is 11.3. The summed E-state index contributed by atoms with van der Waals surface area (Å²) in [6.45, 7) is 3.40. The molecule has 1 atom stereocenters. The molecule has 0 aromatic heterocycles. The average Bonchev–Trinajstić information content (AvgIpc) is 2.15. The molecule has 0 heterocycles. The van der Waals surface area contributed by atoms with Crippen LogP contribution < -0.4 is 17.0 Å². The van der Waals surface area contributed by atoms with Gasteiger partial charge in [-0.3, -0.25) is 14.4 Å². The number of hydroxylamine groups is 2. The minimum absolute atomic E-state index is 0. The summed E-state index contributed by atoms with van der Waals surface area (Å²) in [5.41, 5.74) is 0. The van der Waals surface area contributed by atoms with Gasteiger partial charge < -0.3 is 27.0 Å². The smallest absolute Gasteiger partial charge is 1.00 e. The molecule has 0 aromatic carbocycles. The molecule has 0 aliphatic heterocycles. The Labute approximate surface area is 122 Å². The minimum Gasteiger partial charge on any atom is -1.00 e. The molecule has 8 heteroatoms. The van der Waals surface area contributed by atoms with E-state index in [1.807, 2.05) is 0 Å². The minimum atomic E-state index is -0.793. The van der Waals surface area contributed by atoms with Gasteiger partial charge in [0.05, 0.1) is 13.7 Å². The summed E-state index contributed by atoms with van der Waals surface area (Å²) >= 11 is 0. The van der Waals surface area contributed by atoms with E-state index in [-0.39, 0.29) is 46.6 Å². The van der Waals surface area contributed by atoms with Crippen molar-refractivity contribution in [3.8, 4) is 0 Å². The molecular formula is C8H15BrMgN2O4. The third kappa shape index (κ3) is 8.14. The summed E-state index contributed by atoms with van der Waals surface area (Å²) in [6.07, 6.45) is -0.738. The first-order valence-electron chi connectivity index (χ1n) is 4.22. The summed E-state index contributed by atoms with van der Waals surface area (Å²) in [5, 5.41) is 4.51. The molecule has 6 nitrogen and oxygen atoms in total. The van der Waals surface area contributed by atoms with Crippen LogP contribution in [-0.2, 0) is 14.4 Å². The zero-order chi connectivity index (χ0) is 11.1. The van der Waals surface area contributed by atoms with Gasteiger partial charge in [0.25, 0.3) is 0 Å². The molecule has 0 aliphatic rings. The summed E-state index contributed by atoms with van der Waals surface area (Å²) in [4.78, 5) is 26.8. The molecule has 0 aromatic rings. The predicted octanol–water partition coefficient (Wildman–Crippen LogP) is -2.45. The van der Waals surface area contributed by atoms with Gasteiger partial charge in [0, 0.05) is 7.05 Å². The number of hydrogen-bond acceptors (Lipinski definition) is 4. The van der Waals surface area contributed by atoms with Crippen LogP contribution in [-0.4, -0.2) is 66.9 Å². The number of carbonyl (C=O) groups excluding carboxylic acids is 2.